The number of rotatable bonds is 14. The predicted octanol–water partition coefficient (Wildman–Crippen LogP) is 3.79. The molecule has 0 aromatic carbocycles. The highest BCUT2D eigenvalue weighted by Gasteiger charge is 2.22. The third kappa shape index (κ3) is 12.0. The van der Waals surface area contributed by atoms with E-state index in [4.69, 9.17) is 5.73 Å². The Balaban J connectivity index is 3.31. The van der Waals surface area contributed by atoms with Gasteiger partial charge in [0.25, 0.3) is 0 Å². The molecule has 0 fully saturated rings. The fourth-order valence-corrected chi connectivity index (χ4v) is 2.62. The lowest BCUT2D eigenvalue weighted by molar-refractivity contribution is -0.145. The minimum atomic E-state index is -0.907. The summed E-state index contributed by atoms with van der Waals surface area (Å²) in [4.78, 5) is 11.2. The van der Waals surface area contributed by atoms with E-state index in [9.17, 15) is 9.90 Å². The van der Waals surface area contributed by atoms with E-state index in [1.165, 1.54) is 58.5 Å². The topological polar surface area (TPSA) is 72.5 Å². The van der Waals surface area contributed by atoms with Crippen LogP contribution in [-0.4, -0.2) is 30.3 Å². The van der Waals surface area contributed by atoms with Crippen molar-refractivity contribution in [1.29, 1.82) is 0 Å². The average molecular weight is 315 g/mol. The Kier molecular flexibility index (Phi) is 13.6. The van der Waals surface area contributed by atoms with Crippen LogP contribution in [0.4, 0.5) is 0 Å². The third-order valence-electron chi connectivity index (χ3n) is 4.17. The maximum Gasteiger partial charge on any atom is 0.325 e. The van der Waals surface area contributed by atoms with Crippen molar-refractivity contribution in [2.45, 2.75) is 96.6 Å². The van der Waals surface area contributed by atoms with Crippen molar-refractivity contribution in [3.8, 4) is 0 Å². The van der Waals surface area contributed by atoms with E-state index < -0.39 is 18.1 Å². The van der Waals surface area contributed by atoms with E-state index in [0.29, 0.717) is 6.42 Å². The van der Waals surface area contributed by atoms with Gasteiger partial charge in [0.05, 0.1) is 13.2 Å². The standard InChI is InChI=1S/C18H37NO3/c1-15(2)13-11-9-7-5-4-6-8-10-12-14-16(20)17(19)18(21)22-3/h15-17,20H,4-14,19H2,1-3H3/t16-,17-/m1/s1. The minimum Gasteiger partial charge on any atom is -0.468 e. The number of aliphatic hydroxyl groups is 1. The smallest absolute Gasteiger partial charge is 0.325 e. The van der Waals surface area contributed by atoms with Gasteiger partial charge in [-0.15, -0.1) is 0 Å². The van der Waals surface area contributed by atoms with Crippen LogP contribution in [0.15, 0.2) is 0 Å². The Morgan fingerprint density at radius 2 is 1.32 bits per heavy atom. The monoisotopic (exact) mass is 315 g/mol. The Morgan fingerprint density at radius 3 is 1.73 bits per heavy atom. The van der Waals surface area contributed by atoms with E-state index in [2.05, 4.69) is 18.6 Å². The molecular formula is C18H37NO3. The number of esters is 1. The minimum absolute atomic E-state index is 0.537. The molecule has 0 heterocycles. The van der Waals surface area contributed by atoms with Crippen molar-refractivity contribution in [3.05, 3.63) is 0 Å². The van der Waals surface area contributed by atoms with Gasteiger partial charge in [0.15, 0.2) is 0 Å². The summed E-state index contributed by atoms with van der Waals surface area (Å²) in [6.07, 6.45) is 12.4. The summed E-state index contributed by atoms with van der Waals surface area (Å²) >= 11 is 0. The quantitative estimate of drug-likeness (QED) is 0.378. The highest BCUT2D eigenvalue weighted by Crippen LogP contribution is 2.14. The van der Waals surface area contributed by atoms with Crippen LogP contribution in [0.3, 0.4) is 0 Å². The molecule has 0 aliphatic carbocycles. The number of methoxy groups -OCH3 is 1. The number of unbranched alkanes of at least 4 members (excludes halogenated alkanes) is 8. The number of nitrogens with two attached hydrogens (primary N) is 1. The van der Waals surface area contributed by atoms with Crippen LogP contribution >= 0.6 is 0 Å². The van der Waals surface area contributed by atoms with Gasteiger partial charge in [-0.2, -0.15) is 0 Å². The molecule has 4 heteroatoms. The summed E-state index contributed by atoms with van der Waals surface area (Å²) in [6.45, 7) is 4.57. The second-order valence-corrected chi connectivity index (χ2v) is 6.77. The summed E-state index contributed by atoms with van der Waals surface area (Å²) in [6, 6.07) is -0.907. The first kappa shape index (κ1) is 21.4. The van der Waals surface area contributed by atoms with E-state index in [-0.39, 0.29) is 0 Å². The molecule has 0 saturated carbocycles. The molecule has 0 aliphatic heterocycles. The van der Waals surface area contributed by atoms with Crippen LogP contribution in [0.1, 0.15) is 84.5 Å². The molecule has 3 N–H and O–H groups in total. The van der Waals surface area contributed by atoms with E-state index in [1.54, 1.807) is 0 Å². The molecule has 0 rings (SSSR count). The zero-order chi connectivity index (χ0) is 16.8. The normalized spacial score (nSPS) is 14.1. The number of aliphatic hydroxyl groups excluding tert-OH is 1. The van der Waals surface area contributed by atoms with Gasteiger partial charge in [-0.25, -0.2) is 0 Å². The fourth-order valence-electron chi connectivity index (χ4n) is 2.62. The Labute approximate surface area is 136 Å². The average Bonchev–Trinajstić information content (AvgIpc) is 2.50. The number of carbonyl (C=O) groups excluding carboxylic acids is 1. The van der Waals surface area contributed by atoms with E-state index in [1.807, 2.05) is 0 Å². The molecule has 132 valence electrons. The number of ether oxygens (including phenoxy) is 1. The summed E-state index contributed by atoms with van der Waals surface area (Å²) in [5.41, 5.74) is 5.59. The highest BCUT2D eigenvalue weighted by atomic mass is 16.5. The van der Waals surface area contributed by atoms with E-state index >= 15 is 0 Å². The molecule has 4 nitrogen and oxygen atoms in total. The Morgan fingerprint density at radius 1 is 0.909 bits per heavy atom. The van der Waals surface area contributed by atoms with Crippen LogP contribution < -0.4 is 5.73 Å². The van der Waals surface area contributed by atoms with Gasteiger partial charge in [-0.05, 0) is 12.3 Å². The largest absolute Gasteiger partial charge is 0.468 e. The molecule has 0 radical (unpaired) electrons. The van der Waals surface area contributed by atoms with Gasteiger partial charge in [0.1, 0.15) is 6.04 Å². The molecule has 0 aromatic rings. The molecule has 2 atom stereocenters. The summed E-state index contributed by atoms with van der Waals surface area (Å²) in [5.74, 6) is 0.299. The second kappa shape index (κ2) is 14.0. The van der Waals surface area contributed by atoms with Crippen molar-refractivity contribution in [1.82, 2.24) is 0 Å². The van der Waals surface area contributed by atoms with Crippen molar-refractivity contribution >= 4 is 5.97 Å². The van der Waals surface area contributed by atoms with Crippen LogP contribution in [0.5, 0.6) is 0 Å². The molecular weight excluding hydrogens is 278 g/mol. The lowest BCUT2D eigenvalue weighted by Gasteiger charge is -2.16. The van der Waals surface area contributed by atoms with Crippen molar-refractivity contribution in [3.63, 3.8) is 0 Å². The van der Waals surface area contributed by atoms with Gasteiger partial charge in [-0.1, -0.05) is 78.1 Å². The van der Waals surface area contributed by atoms with Gasteiger partial charge in [0, 0.05) is 0 Å². The Bertz CT molecular complexity index is 269. The van der Waals surface area contributed by atoms with Crippen molar-refractivity contribution < 1.29 is 14.6 Å². The molecule has 22 heavy (non-hydrogen) atoms. The summed E-state index contributed by atoms with van der Waals surface area (Å²) in [7, 11) is 1.29. The first-order valence-corrected chi connectivity index (χ1v) is 9.00. The molecule has 0 unspecified atom stereocenters. The molecule has 0 bridgehead atoms. The highest BCUT2D eigenvalue weighted by molar-refractivity contribution is 5.75. The molecule has 0 aliphatic rings. The Hall–Kier alpha value is -0.610. The lowest BCUT2D eigenvalue weighted by Crippen LogP contribution is -2.42. The van der Waals surface area contributed by atoms with Crippen LogP contribution in [0.25, 0.3) is 0 Å². The first-order chi connectivity index (χ1) is 10.5. The van der Waals surface area contributed by atoms with Gasteiger partial charge >= 0.3 is 5.97 Å². The fraction of sp³-hybridized carbons (Fsp3) is 0.944. The number of hydrogen-bond donors (Lipinski definition) is 2. The van der Waals surface area contributed by atoms with Gasteiger partial charge < -0.3 is 15.6 Å². The van der Waals surface area contributed by atoms with Crippen molar-refractivity contribution in [2.75, 3.05) is 7.11 Å². The lowest BCUT2D eigenvalue weighted by atomic mass is 10.0. The maximum absolute atomic E-state index is 11.2. The van der Waals surface area contributed by atoms with Crippen LogP contribution in [0.2, 0.25) is 0 Å². The maximum atomic E-state index is 11.2. The number of carbonyl (C=O) groups is 1. The van der Waals surface area contributed by atoms with E-state index in [0.717, 1.165) is 18.8 Å². The molecule has 0 aromatic heterocycles. The third-order valence-corrected chi connectivity index (χ3v) is 4.17. The second-order valence-electron chi connectivity index (χ2n) is 6.77. The van der Waals surface area contributed by atoms with Gasteiger partial charge in [0.2, 0.25) is 0 Å². The summed E-state index contributed by atoms with van der Waals surface area (Å²) < 4.78 is 4.52. The first-order valence-electron chi connectivity index (χ1n) is 9.00. The zero-order valence-corrected chi connectivity index (χ0v) is 14.9. The predicted molar refractivity (Wildman–Crippen MR) is 91.6 cm³/mol. The SMILES string of the molecule is COC(=O)[C@H](N)[C@H](O)CCCCCCCCCCCC(C)C. The van der Waals surface area contributed by atoms with Gasteiger partial charge in [-0.3, -0.25) is 4.79 Å². The van der Waals surface area contributed by atoms with Crippen LogP contribution in [-0.2, 0) is 9.53 Å². The molecule has 0 saturated heterocycles. The summed E-state index contributed by atoms with van der Waals surface area (Å²) in [5, 5.41) is 9.76. The number of hydrogen-bond acceptors (Lipinski definition) is 4. The van der Waals surface area contributed by atoms with Crippen LogP contribution in [0, 0.1) is 5.92 Å². The zero-order valence-electron chi connectivity index (χ0n) is 14.9. The van der Waals surface area contributed by atoms with Crippen molar-refractivity contribution in [2.24, 2.45) is 11.7 Å². The molecule has 0 spiro atoms. The molecule has 0 amide bonds.